The molecule has 5 rings (SSSR count). The van der Waals surface area contributed by atoms with Gasteiger partial charge in [0.15, 0.2) is 0 Å². The normalized spacial score (nSPS) is 13.9. The first-order chi connectivity index (χ1) is 15.8. The minimum absolute atomic E-state index is 0.811. The fourth-order valence-corrected chi connectivity index (χ4v) is 4.47. The summed E-state index contributed by atoms with van der Waals surface area (Å²) in [5, 5.41) is 5.77. The number of aromatic nitrogens is 1. The molecule has 1 N–H and O–H groups in total. The van der Waals surface area contributed by atoms with Gasteiger partial charge in [0.2, 0.25) is 0 Å². The Bertz CT molecular complexity index is 1250. The molecule has 0 unspecified atom stereocenters. The van der Waals surface area contributed by atoms with Crippen LogP contribution in [-0.2, 0) is 0 Å². The maximum absolute atomic E-state index is 5.74. The van der Waals surface area contributed by atoms with Crippen molar-refractivity contribution in [2.75, 3.05) is 45.3 Å². The summed E-state index contributed by atoms with van der Waals surface area (Å²) in [4.78, 5) is 7.69. The summed E-state index contributed by atoms with van der Waals surface area (Å²) in [6.07, 6.45) is 0. The predicted octanol–water partition coefficient (Wildman–Crippen LogP) is 5.00. The van der Waals surface area contributed by atoms with E-state index in [-0.39, 0.29) is 0 Å². The average molecular weight is 426 g/mol. The van der Waals surface area contributed by atoms with Gasteiger partial charge in [0, 0.05) is 42.7 Å². The number of fused-ring (bicyclic) bond motifs is 1. The largest absolute Gasteiger partial charge is 0.497 e. The van der Waals surface area contributed by atoms with E-state index < -0.39 is 0 Å². The summed E-state index contributed by atoms with van der Waals surface area (Å²) in [6.45, 7) is 3.77. The Labute approximate surface area is 188 Å². The first-order valence-corrected chi connectivity index (χ1v) is 11.0. The second-order valence-corrected chi connectivity index (χ2v) is 7.87. The van der Waals surface area contributed by atoms with Crippen molar-refractivity contribution in [2.45, 2.75) is 0 Å². The van der Waals surface area contributed by atoms with Crippen molar-refractivity contribution >= 4 is 16.6 Å². The summed E-state index contributed by atoms with van der Waals surface area (Å²) in [5.41, 5.74) is 4.06. The smallest absolute Gasteiger partial charge is 0.137 e. The minimum Gasteiger partial charge on any atom is -0.497 e. The van der Waals surface area contributed by atoms with Gasteiger partial charge in [-0.3, -0.25) is 0 Å². The van der Waals surface area contributed by atoms with Crippen LogP contribution in [0, 0.1) is 0 Å². The first kappa shape index (κ1) is 20.3. The molecular formula is C27H27N3O2. The number of hydrogen-bond donors (Lipinski definition) is 1. The molecular weight excluding hydrogens is 398 g/mol. The van der Waals surface area contributed by atoms with Crippen LogP contribution in [0.4, 0.5) is 5.82 Å². The number of nitrogens with zero attached hydrogens (tertiary/aromatic N) is 2. The van der Waals surface area contributed by atoms with Gasteiger partial charge < -0.3 is 19.7 Å². The van der Waals surface area contributed by atoms with Crippen LogP contribution in [0.25, 0.3) is 33.2 Å². The van der Waals surface area contributed by atoms with E-state index in [1.807, 2.05) is 30.3 Å². The van der Waals surface area contributed by atoms with Crippen molar-refractivity contribution in [1.29, 1.82) is 0 Å². The summed E-state index contributed by atoms with van der Waals surface area (Å²) < 4.78 is 11.3. The molecule has 1 aromatic heterocycles. The Kier molecular flexibility index (Phi) is 5.65. The van der Waals surface area contributed by atoms with Crippen LogP contribution in [0.2, 0.25) is 0 Å². The number of benzene rings is 3. The number of ether oxygens (including phenoxy) is 2. The van der Waals surface area contributed by atoms with Gasteiger partial charge in [-0.05, 0) is 35.2 Å². The van der Waals surface area contributed by atoms with E-state index in [0.717, 1.165) is 71.3 Å². The maximum Gasteiger partial charge on any atom is 0.137 e. The molecule has 0 aliphatic carbocycles. The number of pyridine rings is 1. The zero-order valence-electron chi connectivity index (χ0n) is 18.5. The molecule has 5 heteroatoms. The van der Waals surface area contributed by atoms with E-state index >= 15 is 0 Å². The highest BCUT2D eigenvalue weighted by Crippen LogP contribution is 2.43. The Morgan fingerprint density at radius 2 is 1.56 bits per heavy atom. The van der Waals surface area contributed by atoms with E-state index in [9.17, 15) is 0 Å². The van der Waals surface area contributed by atoms with Crippen LogP contribution in [0.1, 0.15) is 0 Å². The maximum atomic E-state index is 5.74. The van der Waals surface area contributed by atoms with Gasteiger partial charge in [-0.25, -0.2) is 4.98 Å². The molecule has 0 spiro atoms. The Balaban J connectivity index is 1.86. The average Bonchev–Trinajstić information content (AvgIpc) is 2.88. The van der Waals surface area contributed by atoms with Gasteiger partial charge in [0.05, 0.1) is 19.9 Å². The highest BCUT2D eigenvalue weighted by Gasteiger charge is 2.23. The lowest BCUT2D eigenvalue weighted by Gasteiger charge is -2.30. The second kappa shape index (κ2) is 8.89. The lowest BCUT2D eigenvalue weighted by atomic mass is 9.93. The zero-order chi connectivity index (χ0) is 21.9. The van der Waals surface area contributed by atoms with Crippen molar-refractivity contribution in [3.8, 4) is 33.9 Å². The zero-order valence-corrected chi connectivity index (χ0v) is 18.5. The molecule has 1 fully saturated rings. The number of anilines is 1. The molecule has 1 aliphatic rings. The SMILES string of the molecule is COc1cccc(-c2c(-c3ccccc3OC)nc(N3CCNCC3)c3ccccc23)c1. The molecule has 1 saturated heterocycles. The molecule has 0 atom stereocenters. The van der Waals surface area contributed by atoms with Crippen LogP contribution >= 0.6 is 0 Å². The Morgan fingerprint density at radius 3 is 2.34 bits per heavy atom. The first-order valence-electron chi connectivity index (χ1n) is 11.0. The lowest BCUT2D eigenvalue weighted by Crippen LogP contribution is -2.44. The fraction of sp³-hybridized carbons (Fsp3) is 0.222. The lowest BCUT2D eigenvalue weighted by molar-refractivity contribution is 0.415. The predicted molar refractivity (Wildman–Crippen MR) is 131 cm³/mol. The van der Waals surface area contributed by atoms with Crippen molar-refractivity contribution in [2.24, 2.45) is 0 Å². The quantitative estimate of drug-likeness (QED) is 0.488. The molecule has 0 bridgehead atoms. The highest BCUT2D eigenvalue weighted by atomic mass is 16.5. The third kappa shape index (κ3) is 3.65. The van der Waals surface area contributed by atoms with E-state index in [1.165, 1.54) is 5.39 Å². The number of hydrogen-bond acceptors (Lipinski definition) is 5. The minimum atomic E-state index is 0.811. The van der Waals surface area contributed by atoms with Crippen molar-refractivity contribution < 1.29 is 9.47 Å². The van der Waals surface area contributed by atoms with Gasteiger partial charge >= 0.3 is 0 Å². The van der Waals surface area contributed by atoms with Gasteiger partial charge in [-0.2, -0.15) is 0 Å². The van der Waals surface area contributed by atoms with Crippen LogP contribution in [0.15, 0.2) is 72.8 Å². The van der Waals surface area contributed by atoms with E-state index in [0.29, 0.717) is 0 Å². The number of rotatable bonds is 5. The molecule has 2 heterocycles. The third-order valence-electron chi connectivity index (χ3n) is 6.03. The number of para-hydroxylation sites is 1. The molecule has 0 amide bonds. The molecule has 32 heavy (non-hydrogen) atoms. The van der Waals surface area contributed by atoms with Crippen molar-refractivity contribution in [3.63, 3.8) is 0 Å². The van der Waals surface area contributed by atoms with Gasteiger partial charge in [-0.15, -0.1) is 0 Å². The van der Waals surface area contributed by atoms with Crippen LogP contribution in [0.3, 0.4) is 0 Å². The van der Waals surface area contributed by atoms with Gasteiger partial charge in [0.1, 0.15) is 17.3 Å². The van der Waals surface area contributed by atoms with E-state index in [4.69, 9.17) is 14.5 Å². The van der Waals surface area contributed by atoms with Gasteiger partial charge in [0.25, 0.3) is 0 Å². The van der Waals surface area contributed by atoms with Crippen LogP contribution in [-0.4, -0.2) is 45.4 Å². The fourth-order valence-electron chi connectivity index (χ4n) is 4.47. The van der Waals surface area contributed by atoms with E-state index in [1.54, 1.807) is 14.2 Å². The summed E-state index contributed by atoms with van der Waals surface area (Å²) in [5.74, 6) is 2.66. The number of methoxy groups -OCH3 is 2. The standard InChI is InChI=1S/C27H27N3O2/c1-31-20-9-7-8-19(18-20)25-21-10-3-4-11-22(21)27(30-16-14-28-15-17-30)29-26(25)23-12-5-6-13-24(23)32-2/h3-13,18,28H,14-17H2,1-2H3. The Morgan fingerprint density at radius 1 is 0.812 bits per heavy atom. The molecule has 0 radical (unpaired) electrons. The molecule has 4 aromatic rings. The third-order valence-corrected chi connectivity index (χ3v) is 6.03. The van der Waals surface area contributed by atoms with E-state index in [2.05, 4.69) is 52.7 Å². The molecule has 5 nitrogen and oxygen atoms in total. The van der Waals surface area contributed by atoms with Crippen LogP contribution < -0.4 is 19.7 Å². The summed E-state index contributed by atoms with van der Waals surface area (Å²) in [7, 11) is 3.41. The highest BCUT2D eigenvalue weighted by molar-refractivity contribution is 6.08. The topological polar surface area (TPSA) is 46.6 Å². The van der Waals surface area contributed by atoms with Crippen molar-refractivity contribution in [1.82, 2.24) is 10.3 Å². The molecule has 162 valence electrons. The molecule has 1 aliphatic heterocycles. The number of nitrogens with one attached hydrogen (secondary N) is 1. The monoisotopic (exact) mass is 425 g/mol. The second-order valence-electron chi connectivity index (χ2n) is 7.87. The van der Waals surface area contributed by atoms with Gasteiger partial charge in [-0.1, -0.05) is 48.5 Å². The molecule has 0 saturated carbocycles. The summed E-state index contributed by atoms with van der Waals surface area (Å²) >= 11 is 0. The van der Waals surface area contributed by atoms with Crippen molar-refractivity contribution in [3.05, 3.63) is 72.8 Å². The summed E-state index contributed by atoms with van der Waals surface area (Å²) in [6, 6.07) is 24.9. The van der Waals surface area contributed by atoms with Crippen LogP contribution in [0.5, 0.6) is 11.5 Å². The molecule has 3 aromatic carbocycles. The Hall–Kier alpha value is -3.57. The number of piperazine rings is 1.